The summed E-state index contributed by atoms with van der Waals surface area (Å²) in [6.07, 6.45) is 0.985. The van der Waals surface area contributed by atoms with E-state index in [-0.39, 0.29) is 12.1 Å². The molecule has 0 aliphatic carbocycles. The third kappa shape index (κ3) is 5.01. The number of para-hydroxylation sites is 1. The molecule has 0 saturated heterocycles. The first kappa shape index (κ1) is 17.9. The zero-order chi connectivity index (χ0) is 17.5. The molecule has 1 atom stereocenters. The van der Waals surface area contributed by atoms with Crippen molar-refractivity contribution >= 4 is 11.7 Å². The fourth-order valence-corrected chi connectivity index (χ4v) is 2.49. The second-order valence-corrected chi connectivity index (χ2v) is 6.08. The van der Waals surface area contributed by atoms with Crippen molar-refractivity contribution in [2.45, 2.75) is 40.2 Å². The summed E-state index contributed by atoms with van der Waals surface area (Å²) in [7, 11) is 0. The van der Waals surface area contributed by atoms with Crippen LogP contribution in [-0.4, -0.2) is 18.7 Å². The quantitative estimate of drug-likeness (QED) is 0.823. The summed E-state index contributed by atoms with van der Waals surface area (Å²) in [5.74, 6) is 0.890. The lowest BCUT2D eigenvalue weighted by Gasteiger charge is -2.18. The molecule has 4 nitrogen and oxygen atoms in total. The van der Waals surface area contributed by atoms with E-state index in [0.717, 1.165) is 29.0 Å². The summed E-state index contributed by atoms with van der Waals surface area (Å²) in [6, 6.07) is 13.6. The lowest BCUT2D eigenvalue weighted by molar-refractivity contribution is 0.236. The summed E-state index contributed by atoms with van der Waals surface area (Å²) >= 11 is 0. The maximum Gasteiger partial charge on any atom is 0.319 e. The summed E-state index contributed by atoms with van der Waals surface area (Å²) in [5.41, 5.74) is 4.23. The van der Waals surface area contributed by atoms with Crippen molar-refractivity contribution in [3.05, 3.63) is 59.2 Å². The van der Waals surface area contributed by atoms with E-state index in [1.54, 1.807) is 0 Å². The van der Waals surface area contributed by atoms with Crippen LogP contribution < -0.4 is 15.4 Å². The van der Waals surface area contributed by atoms with Crippen LogP contribution in [0.2, 0.25) is 0 Å². The third-order valence-electron chi connectivity index (χ3n) is 3.88. The van der Waals surface area contributed by atoms with E-state index in [1.807, 2.05) is 63.2 Å². The SMILES string of the molecule is CCc1ccc(NC(=O)NC(C)COc2c(C)cccc2C)cc1. The highest BCUT2D eigenvalue weighted by Crippen LogP contribution is 2.22. The van der Waals surface area contributed by atoms with Crippen LogP contribution in [0.25, 0.3) is 0 Å². The monoisotopic (exact) mass is 326 g/mol. The predicted molar refractivity (Wildman–Crippen MR) is 98.8 cm³/mol. The molecule has 2 rings (SSSR count). The minimum atomic E-state index is -0.225. The Morgan fingerprint density at radius 3 is 2.29 bits per heavy atom. The first-order valence-electron chi connectivity index (χ1n) is 8.35. The molecule has 0 fully saturated rings. The van der Waals surface area contributed by atoms with Crippen molar-refractivity contribution in [3.63, 3.8) is 0 Å². The minimum Gasteiger partial charge on any atom is -0.491 e. The molecule has 2 amide bonds. The van der Waals surface area contributed by atoms with Crippen LogP contribution in [0.1, 0.15) is 30.5 Å². The molecule has 2 aromatic carbocycles. The van der Waals surface area contributed by atoms with Gasteiger partial charge in [-0.2, -0.15) is 0 Å². The summed E-state index contributed by atoms with van der Waals surface area (Å²) in [5, 5.41) is 5.73. The highest BCUT2D eigenvalue weighted by Gasteiger charge is 2.10. The number of rotatable bonds is 6. The van der Waals surface area contributed by atoms with Gasteiger partial charge in [0.25, 0.3) is 0 Å². The van der Waals surface area contributed by atoms with Crippen LogP contribution in [0.15, 0.2) is 42.5 Å². The van der Waals surface area contributed by atoms with Crippen molar-refractivity contribution in [2.75, 3.05) is 11.9 Å². The van der Waals surface area contributed by atoms with Gasteiger partial charge in [-0.15, -0.1) is 0 Å². The highest BCUT2D eigenvalue weighted by atomic mass is 16.5. The number of hydrogen-bond acceptors (Lipinski definition) is 2. The molecule has 2 N–H and O–H groups in total. The number of ether oxygens (including phenoxy) is 1. The number of carbonyl (C=O) groups excluding carboxylic acids is 1. The Bertz CT molecular complexity index is 660. The number of carbonyl (C=O) groups is 1. The van der Waals surface area contributed by atoms with Crippen molar-refractivity contribution in [1.29, 1.82) is 0 Å². The van der Waals surface area contributed by atoms with Crippen LogP contribution in [0.5, 0.6) is 5.75 Å². The van der Waals surface area contributed by atoms with Gasteiger partial charge in [0.15, 0.2) is 0 Å². The smallest absolute Gasteiger partial charge is 0.319 e. The van der Waals surface area contributed by atoms with Crippen LogP contribution in [0.4, 0.5) is 10.5 Å². The molecule has 1 unspecified atom stereocenters. The van der Waals surface area contributed by atoms with Crippen molar-refractivity contribution in [3.8, 4) is 5.75 Å². The van der Waals surface area contributed by atoms with Gasteiger partial charge in [0.2, 0.25) is 0 Å². The second kappa shape index (κ2) is 8.39. The van der Waals surface area contributed by atoms with Gasteiger partial charge in [-0.3, -0.25) is 0 Å². The standard InChI is InChI=1S/C20H26N2O2/c1-5-17-9-11-18(12-10-17)22-20(23)21-16(4)13-24-19-14(2)7-6-8-15(19)3/h6-12,16H,5,13H2,1-4H3,(H2,21,22,23). The molecular weight excluding hydrogens is 300 g/mol. The molecule has 0 radical (unpaired) electrons. The molecule has 4 heteroatoms. The maximum atomic E-state index is 12.0. The Labute approximate surface area is 144 Å². The van der Waals surface area contributed by atoms with Crippen molar-refractivity contribution in [2.24, 2.45) is 0 Å². The van der Waals surface area contributed by atoms with E-state index < -0.39 is 0 Å². The van der Waals surface area contributed by atoms with Gasteiger partial charge in [-0.25, -0.2) is 4.79 Å². The van der Waals surface area contributed by atoms with Gasteiger partial charge in [0.1, 0.15) is 12.4 Å². The summed E-state index contributed by atoms with van der Waals surface area (Å²) < 4.78 is 5.87. The van der Waals surface area contributed by atoms with Crippen molar-refractivity contribution < 1.29 is 9.53 Å². The van der Waals surface area contributed by atoms with E-state index in [9.17, 15) is 4.79 Å². The fraction of sp³-hybridized carbons (Fsp3) is 0.350. The normalized spacial score (nSPS) is 11.7. The molecular formula is C20H26N2O2. The van der Waals surface area contributed by atoms with Gasteiger partial charge in [0.05, 0.1) is 6.04 Å². The minimum absolute atomic E-state index is 0.0982. The number of urea groups is 1. The molecule has 0 aliphatic heterocycles. The Hall–Kier alpha value is -2.49. The average molecular weight is 326 g/mol. The molecule has 128 valence electrons. The zero-order valence-corrected chi connectivity index (χ0v) is 14.8. The molecule has 24 heavy (non-hydrogen) atoms. The van der Waals surface area contributed by atoms with Crippen LogP contribution in [0, 0.1) is 13.8 Å². The first-order valence-corrected chi connectivity index (χ1v) is 8.35. The number of aryl methyl sites for hydroxylation is 3. The number of nitrogens with one attached hydrogen (secondary N) is 2. The highest BCUT2D eigenvalue weighted by molar-refractivity contribution is 5.89. The van der Waals surface area contributed by atoms with Gasteiger partial charge in [0, 0.05) is 5.69 Å². The van der Waals surface area contributed by atoms with Crippen LogP contribution >= 0.6 is 0 Å². The molecule has 0 aromatic heterocycles. The maximum absolute atomic E-state index is 12.0. The van der Waals surface area contributed by atoms with E-state index in [0.29, 0.717) is 6.61 Å². The molecule has 0 aliphatic rings. The van der Waals surface area contributed by atoms with E-state index in [2.05, 4.69) is 17.6 Å². The third-order valence-corrected chi connectivity index (χ3v) is 3.88. The Kier molecular flexibility index (Phi) is 6.24. The molecule has 0 saturated carbocycles. The lowest BCUT2D eigenvalue weighted by atomic mass is 10.1. The van der Waals surface area contributed by atoms with Gasteiger partial charge < -0.3 is 15.4 Å². The van der Waals surface area contributed by atoms with E-state index >= 15 is 0 Å². The molecule has 0 heterocycles. The van der Waals surface area contributed by atoms with Crippen molar-refractivity contribution in [1.82, 2.24) is 5.32 Å². The largest absolute Gasteiger partial charge is 0.491 e. The zero-order valence-electron chi connectivity index (χ0n) is 14.8. The Morgan fingerprint density at radius 2 is 1.71 bits per heavy atom. The van der Waals surface area contributed by atoms with Gasteiger partial charge in [-0.05, 0) is 56.0 Å². The lowest BCUT2D eigenvalue weighted by Crippen LogP contribution is -2.39. The number of hydrogen-bond donors (Lipinski definition) is 2. The number of amides is 2. The first-order chi connectivity index (χ1) is 11.5. The predicted octanol–water partition coefficient (Wildman–Crippen LogP) is 4.45. The molecule has 0 spiro atoms. The van der Waals surface area contributed by atoms with Gasteiger partial charge in [-0.1, -0.05) is 37.3 Å². The topological polar surface area (TPSA) is 50.4 Å². The second-order valence-electron chi connectivity index (χ2n) is 6.08. The summed E-state index contributed by atoms with van der Waals surface area (Å²) in [6.45, 7) is 8.49. The number of benzene rings is 2. The van der Waals surface area contributed by atoms with Crippen LogP contribution in [-0.2, 0) is 6.42 Å². The number of anilines is 1. The van der Waals surface area contributed by atoms with E-state index in [4.69, 9.17) is 4.74 Å². The Morgan fingerprint density at radius 1 is 1.08 bits per heavy atom. The Balaban J connectivity index is 1.83. The van der Waals surface area contributed by atoms with E-state index in [1.165, 1.54) is 5.56 Å². The molecule has 2 aromatic rings. The average Bonchev–Trinajstić information content (AvgIpc) is 2.55. The fourth-order valence-electron chi connectivity index (χ4n) is 2.49. The summed E-state index contributed by atoms with van der Waals surface area (Å²) in [4.78, 5) is 12.0. The van der Waals surface area contributed by atoms with Crippen LogP contribution in [0.3, 0.4) is 0 Å². The van der Waals surface area contributed by atoms with Gasteiger partial charge >= 0.3 is 6.03 Å². The molecule has 0 bridgehead atoms.